The van der Waals surface area contributed by atoms with Gasteiger partial charge in [-0.05, 0) is 59.9 Å². The van der Waals surface area contributed by atoms with E-state index in [4.69, 9.17) is 25.8 Å². The summed E-state index contributed by atoms with van der Waals surface area (Å²) >= 11 is 5.54. The van der Waals surface area contributed by atoms with Gasteiger partial charge in [-0.3, -0.25) is 0 Å². The molecule has 1 heterocycles. The highest BCUT2D eigenvalue weighted by molar-refractivity contribution is 6.30. The molecule has 0 aliphatic carbocycles. The molecule has 0 atom stereocenters. The van der Waals surface area contributed by atoms with Gasteiger partial charge in [-0.15, -0.1) is 0 Å². The maximum absolute atomic E-state index is 15.1. The van der Waals surface area contributed by atoms with Crippen molar-refractivity contribution >= 4 is 22.4 Å². The van der Waals surface area contributed by atoms with Gasteiger partial charge < -0.3 is 14.2 Å². The number of benzene rings is 3. The molecule has 0 N–H and O–H groups in total. The van der Waals surface area contributed by atoms with Gasteiger partial charge in [-0.2, -0.15) is 0 Å². The van der Waals surface area contributed by atoms with Gasteiger partial charge in [0.15, 0.2) is 6.29 Å². The van der Waals surface area contributed by atoms with E-state index in [2.05, 4.69) is 6.92 Å². The first kappa shape index (κ1) is 26.9. The minimum atomic E-state index is -0.808. The number of rotatable bonds is 11. The van der Waals surface area contributed by atoms with Crippen LogP contribution in [0.5, 0.6) is 0 Å². The number of halogens is 4. The topological polar surface area (TPSA) is 27.7 Å². The molecule has 3 aromatic carbocycles. The molecule has 0 saturated carbocycles. The molecule has 1 fully saturated rings. The molecule has 0 unspecified atom stereocenters. The Morgan fingerprint density at radius 3 is 2.36 bits per heavy atom. The lowest BCUT2D eigenvalue weighted by Gasteiger charge is -2.29. The fraction of sp³-hybridized carbons (Fsp3) is 0.448. The summed E-state index contributed by atoms with van der Waals surface area (Å²) in [5, 5.41) is 0.811. The highest BCUT2D eigenvalue weighted by Crippen LogP contribution is 2.26. The van der Waals surface area contributed by atoms with Crippen LogP contribution in [0.25, 0.3) is 10.8 Å². The number of hydrogen-bond acceptors (Lipinski definition) is 3. The van der Waals surface area contributed by atoms with E-state index in [1.807, 2.05) is 18.2 Å². The first-order chi connectivity index (χ1) is 17.4. The van der Waals surface area contributed by atoms with Crippen LogP contribution >= 0.6 is 11.6 Å². The largest absolute Gasteiger partial charge is 0.373 e. The molecule has 0 bridgehead atoms. The third-order valence-corrected chi connectivity index (χ3v) is 6.89. The Morgan fingerprint density at radius 1 is 0.889 bits per heavy atom. The molecule has 3 aromatic rings. The second kappa shape index (κ2) is 12.9. The molecule has 3 nitrogen and oxygen atoms in total. The van der Waals surface area contributed by atoms with Crippen LogP contribution in [0.1, 0.15) is 49.3 Å². The summed E-state index contributed by atoms with van der Waals surface area (Å²) < 4.78 is 60.0. The summed E-state index contributed by atoms with van der Waals surface area (Å²) in [7, 11) is 0. The molecular formula is C29H32ClF3O3. The zero-order chi connectivity index (χ0) is 25.5. The second-order valence-electron chi connectivity index (χ2n) is 9.30. The van der Waals surface area contributed by atoms with Gasteiger partial charge in [-0.1, -0.05) is 61.7 Å². The Hall–Kier alpha value is -2.12. The highest BCUT2D eigenvalue weighted by atomic mass is 35.5. The van der Waals surface area contributed by atoms with Gasteiger partial charge >= 0.3 is 0 Å². The minimum Gasteiger partial charge on any atom is -0.373 e. The van der Waals surface area contributed by atoms with Crippen molar-refractivity contribution in [2.24, 2.45) is 0 Å². The SMILES string of the molecule is CCCCCOC1COC(CCc2ccc3c(F)c(CCc4cc(F)c(Cl)c(F)c4)ccc3c2)OC1. The lowest BCUT2D eigenvalue weighted by Crippen LogP contribution is -2.37. The van der Waals surface area contributed by atoms with Gasteiger partial charge in [0.25, 0.3) is 0 Å². The number of aryl methyl sites for hydroxylation is 3. The van der Waals surface area contributed by atoms with Crippen molar-refractivity contribution in [2.45, 2.75) is 64.3 Å². The van der Waals surface area contributed by atoms with E-state index in [9.17, 15) is 8.78 Å². The highest BCUT2D eigenvalue weighted by Gasteiger charge is 2.22. The zero-order valence-electron chi connectivity index (χ0n) is 20.5. The van der Waals surface area contributed by atoms with Crippen molar-refractivity contribution in [3.05, 3.63) is 81.6 Å². The van der Waals surface area contributed by atoms with Crippen molar-refractivity contribution in [1.29, 1.82) is 0 Å². The average Bonchev–Trinajstić information content (AvgIpc) is 2.88. The third-order valence-electron chi connectivity index (χ3n) is 6.53. The Bertz CT molecular complexity index is 1140. The zero-order valence-corrected chi connectivity index (χ0v) is 21.3. The Morgan fingerprint density at radius 2 is 1.64 bits per heavy atom. The van der Waals surface area contributed by atoms with Crippen LogP contribution in [0.15, 0.2) is 42.5 Å². The van der Waals surface area contributed by atoms with Crippen LogP contribution in [0.4, 0.5) is 13.2 Å². The lowest BCUT2D eigenvalue weighted by molar-refractivity contribution is -0.227. The molecule has 0 amide bonds. The lowest BCUT2D eigenvalue weighted by atomic mass is 9.98. The fourth-order valence-corrected chi connectivity index (χ4v) is 4.55. The van der Waals surface area contributed by atoms with Crippen molar-refractivity contribution in [2.75, 3.05) is 19.8 Å². The maximum Gasteiger partial charge on any atom is 0.158 e. The predicted octanol–water partition coefficient (Wildman–Crippen LogP) is 7.58. The summed E-state index contributed by atoms with van der Waals surface area (Å²) in [6, 6.07) is 11.7. The van der Waals surface area contributed by atoms with Crippen LogP contribution in [-0.2, 0) is 33.5 Å². The molecule has 0 spiro atoms. The molecule has 194 valence electrons. The first-order valence-electron chi connectivity index (χ1n) is 12.6. The van der Waals surface area contributed by atoms with E-state index >= 15 is 4.39 Å². The monoisotopic (exact) mass is 520 g/mol. The number of ether oxygens (including phenoxy) is 3. The summed E-state index contributed by atoms with van der Waals surface area (Å²) in [5.41, 5.74) is 2.01. The van der Waals surface area contributed by atoms with Gasteiger partial charge in [0.1, 0.15) is 28.6 Å². The van der Waals surface area contributed by atoms with Crippen LogP contribution in [0.3, 0.4) is 0 Å². The standard InChI is InChI=1S/C29H32ClF3O3/c1-2-3-4-13-34-23-17-35-27(36-18-23)12-7-19-6-11-24-22(14-19)10-9-21(29(24)33)8-5-20-15-25(31)28(30)26(32)16-20/h6,9-11,14-16,23,27H,2-5,7-8,12-13,17-18H2,1H3. The maximum atomic E-state index is 15.1. The van der Waals surface area contributed by atoms with E-state index in [0.717, 1.165) is 30.4 Å². The summed E-state index contributed by atoms with van der Waals surface area (Å²) in [4.78, 5) is 0. The number of fused-ring (bicyclic) bond motifs is 1. The summed E-state index contributed by atoms with van der Waals surface area (Å²) in [5.74, 6) is -1.92. The minimum absolute atomic E-state index is 0.00585. The van der Waals surface area contributed by atoms with Gasteiger partial charge in [-0.25, -0.2) is 13.2 Å². The summed E-state index contributed by atoms with van der Waals surface area (Å²) in [6.07, 6.45) is 5.21. The molecule has 7 heteroatoms. The van der Waals surface area contributed by atoms with E-state index < -0.39 is 16.7 Å². The van der Waals surface area contributed by atoms with E-state index in [1.54, 1.807) is 12.1 Å². The van der Waals surface area contributed by atoms with Gasteiger partial charge in [0.05, 0.1) is 13.2 Å². The number of unbranched alkanes of at least 4 members (excludes halogenated alkanes) is 2. The Kier molecular flexibility index (Phi) is 9.66. The molecule has 1 aliphatic heterocycles. The normalized spacial score (nSPS) is 18.1. The van der Waals surface area contributed by atoms with Crippen LogP contribution in [0, 0.1) is 17.5 Å². The van der Waals surface area contributed by atoms with Crippen molar-refractivity contribution in [3.63, 3.8) is 0 Å². The Balaban J connectivity index is 1.30. The predicted molar refractivity (Wildman–Crippen MR) is 136 cm³/mol. The molecule has 0 aromatic heterocycles. The molecule has 1 aliphatic rings. The smallest absolute Gasteiger partial charge is 0.158 e. The van der Waals surface area contributed by atoms with E-state index in [-0.39, 0.29) is 18.2 Å². The molecule has 4 rings (SSSR count). The quantitative estimate of drug-likeness (QED) is 0.193. The van der Waals surface area contributed by atoms with Gasteiger partial charge in [0.2, 0.25) is 0 Å². The van der Waals surface area contributed by atoms with Crippen molar-refractivity contribution < 1.29 is 27.4 Å². The van der Waals surface area contributed by atoms with Crippen LogP contribution in [0.2, 0.25) is 5.02 Å². The summed E-state index contributed by atoms with van der Waals surface area (Å²) in [6.45, 7) is 3.98. The molecule has 36 heavy (non-hydrogen) atoms. The van der Waals surface area contributed by atoms with Crippen molar-refractivity contribution in [3.8, 4) is 0 Å². The fourth-order valence-electron chi connectivity index (χ4n) is 4.44. The van der Waals surface area contributed by atoms with Gasteiger partial charge in [0, 0.05) is 18.4 Å². The van der Waals surface area contributed by atoms with Crippen molar-refractivity contribution in [1.82, 2.24) is 0 Å². The first-order valence-corrected chi connectivity index (χ1v) is 13.0. The molecule has 0 radical (unpaired) electrons. The Labute approximate surface area is 215 Å². The third kappa shape index (κ3) is 7.00. The van der Waals surface area contributed by atoms with Crippen LogP contribution in [-0.4, -0.2) is 32.2 Å². The molecule has 1 saturated heterocycles. The van der Waals surface area contributed by atoms with Crippen LogP contribution < -0.4 is 0 Å². The van der Waals surface area contributed by atoms with E-state index in [0.29, 0.717) is 49.0 Å². The molecular weight excluding hydrogens is 489 g/mol. The average molecular weight is 521 g/mol. The second-order valence-corrected chi connectivity index (χ2v) is 9.68. The number of hydrogen-bond donors (Lipinski definition) is 0. The van der Waals surface area contributed by atoms with E-state index in [1.165, 1.54) is 25.0 Å².